The molecule has 98 valence electrons. The molecule has 0 spiro atoms. The number of nitrogens with two attached hydrogens (primary N) is 2. The number of amides is 1. The van der Waals surface area contributed by atoms with Crippen LogP contribution < -0.4 is 16.4 Å². The number of nitrogens with zero attached hydrogens (tertiary/aromatic N) is 2. The van der Waals surface area contributed by atoms with Gasteiger partial charge in [0.25, 0.3) is 5.91 Å². The fourth-order valence-electron chi connectivity index (χ4n) is 2.19. The van der Waals surface area contributed by atoms with Gasteiger partial charge >= 0.3 is 0 Å². The molecule has 1 fully saturated rings. The third-order valence-electron chi connectivity index (χ3n) is 3.38. The molecule has 1 saturated heterocycles. The lowest BCUT2D eigenvalue weighted by Gasteiger charge is -2.32. The highest BCUT2D eigenvalue weighted by Gasteiger charge is 2.20. The van der Waals surface area contributed by atoms with Crippen LogP contribution in [-0.2, 0) is 0 Å². The number of aliphatic hydroxyl groups is 1. The summed E-state index contributed by atoms with van der Waals surface area (Å²) in [4.78, 5) is 17.5. The van der Waals surface area contributed by atoms with Crippen molar-refractivity contribution in [2.24, 2.45) is 11.7 Å². The van der Waals surface area contributed by atoms with Crippen LogP contribution in [0.25, 0.3) is 0 Å². The monoisotopic (exact) mass is 250 g/mol. The van der Waals surface area contributed by atoms with Crippen LogP contribution in [0.15, 0.2) is 12.3 Å². The minimum Gasteiger partial charge on any atom is -0.397 e. The molecule has 2 heterocycles. The third kappa shape index (κ3) is 2.53. The van der Waals surface area contributed by atoms with Crippen LogP contribution in [0.1, 0.15) is 23.2 Å². The minimum atomic E-state index is -0.540. The largest absolute Gasteiger partial charge is 0.397 e. The second-order valence-electron chi connectivity index (χ2n) is 4.61. The molecule has 5 N–H and O–H groups in total. The highest BCUT2D eigenvalue weighted by molar-refractivity contribution is 5.98. The van der Waals surface area contributed by atoms with Gasteiger partial charge in [0, 0.05) is 19.7 Å². The van der Waals surface area contributed by atoms with Gasteiger partial charge in [0.1, 0.15) is 5.82 Å². The number of carbonyl (C=O) groups excluding carboxylic acids is 1. The Morgan fingerprint density at radius 2 is 2.17 bits per heavy atom. The van der Waals surface area contributed by atoms with Crippen molar-refractivity contribution in [1.29, 1.82) is 0 Å². The van der Waals surface area contributed by atoms with Gasteiger partial charge in [-0.25, -0.2) is 4.98 Å². The quantitative estimate of drug-likeness (QED) is 0.698. The van der Waals surface area contributed by atoms with Crippen LogP contribution >= 0.6 is 0 Å². The summed E-state index contributed by atoms with van der Waals surface area (Å²) >= 11 is 0. The van der Waals surface area contributed by atoms with Crippen LogP contribution in [0.4, 0.5) is 11.5 Å². The predicted octanol–water partition coefficient (Wildman–Crippen LogP) is -0.0286. The van der Waals surface area contributed by atoms with Crippen LogP contribution in [0.5, 0.6) is 0 Å². The fraction of sp³-hybridized carbons (Fsp3) is 0.500. The van der Waals surface area contributed by atoms with Crippen molar-refractivity contribution < 1.29 is 9.90 Å². The molecule has 0 saturated carbocycles. The Labute approximate surface area is 106 Å². The molecule has 6 nitrogen and oxygen atoms in total. The Kier molecular flexibility index (Phi) is 3.66. The Morgan fingerprint density at radius 3 is 2.72 bits per heavy atom. The SMILES string of the molecule is NC(=O)c1cc(N2CCC(CO)CC2)ncc1N. The zero-order valence-corrected chi connectivity index (χ0v) is 10.2. The number of nitrogen functional groups attached to an aromatic ring is 1. The summed E-state index contributed by atoms with van der Waals surface area (Å²) in [6.07, 6.45) is 3.32. The fourth-order valence-corrected chi connectivity index (χ4v) is 2.19. The van der Waals surface area contributed by atoms with Crippen molar-refractivity contribution in [3.8, 4) is 0 Å². The summed E-state index contributed by atoms with van der Waals surface area (Å²) in [6, 6.07) is 1.64. The van der Waals surface area contributed by atoms with Crippen molar-refractivity contribution in [2.45, 2.75) is 12.8 Å². The highest BCUT2D eigenvalue weighted by atomic mass is 16.3. The molecule has 2 rings (SSSR count). The summed E-state index contributed by atoms with van der Waals surface area (Å²) in [5.41, 5.74) is 11.5. The average Bonchev–Trinajstić information content (AvgIpc) is 2.39. The van der Waals surface area contributed by atoms with E-state index in [4.69, 9.17) is 16.6 Å². The molecule has 0 bridgehead atoms. The summed E-state index contributed by atoms with van der Waals surface area (Å²) in [7, 11) is 0. The van der Waals surface area contributed by atoms with Gasteiger partial charge < -0.3 is 21.5 Å². The van der Waals surface area contributed by atoms with Crippen LogP contribution in [0, 0.1) is 5.92 Å². The molecule has 0 radical (unpaired) electrons. The number of pyridine rings is 1. The molecule has 1 aliphatic heterocycles. The van der Waals surface area contributed by atoms with E-state index in [2.05, 4.69) is 9.88 Å². The summed E-state index contributed by atoms with van der Waals surface area (Å²) < 4.78 is 0. The van der Waals surface area contributed by atoms with Gasteiger partial charge in [-0.15, -0.1) is 0 Å². The summed E-state index contributed by atoms with van der Waals surface area (Å²) in [5, 5.41) is 9.09. The average molecular weight is 250 g/mol. The molecule has 0 aromatic carbocycles. The van der Waals surface area contributed by atoms with Gasteiger partial charge in [0.2, 0.25) is 0 Å². The van der Waals surface area contributed by atoms with E-state index in [9.17, 15) is 4.79 Å². The maximum Gasteiger partial charge on any atom is 0.250 e. The number of rotatable bonds is 3. The molecule has 1 aliphatic rings. The second-order valence-corrected chi connectivity index (χ2v) is 4.61. The summed E-state index contributed by atoms with van der Waals surface area (Å²) in [5.74, 6) is 0.543. The first-order chi connectivity index (χ1) is 8.61. The van der Waals surface area contributed by atoms with Crippen LogP contribution in [-0.4, -0.2) is 35.7 Å². The first-order valence-electron chi connectivity index (χ1n) is 6.03. The zero-order valence-electron chi connectivity index (χ0n) is 10.2. The number of aliphatic hydroxyl groups excluding tert-OH is 1. The van der Waals surface area contributed by atoms with Crippen molar-refractivity contribution in [1.82, 2.24) is 4.98 Å². The van der Waals surface area contributed by atoms with Crippen molar-refractivity contribution in [2.75, 3.05) is 30.3 Å². The molecule has 0 unspecified atom stereocenters. The van der Waals surface area contributed by atoms with Crippen molar-refractivity contribution >= 4 is 17.4 Å². The second kappa shape index (κ2) is 5.22. The van der Waals surface area contributed by atoms with E-state index in [1.165, 1.54) is 6.20 Å². The molecule has 18 heavy (non-hydrogen) atoms. The van der Waals surface area contributed by atoms with Crippen LogP contribution in [0.2, 0.25) is 0 Å². The number of hydrogen-bond acceptors (Lipinski definition) is 5. The van der Waals surface area contributed by atoms with E-state index in [-0.39, 0.29) is 6.61 Å². The Morgan fingerprint density at radius 1 is 1.50 bits per heavy atom. The minimum absolute atomic E-state index is 0.232. The van der Waals surface area contributed by atoms with E-state index >= 15 is 0 Å². The van der Waals surface area contributed by atoms with Gasteiger partial charge in [0.05, 0.1) is 17.4 Å². The van der Waals surface area contributed by atoms with Gasteiger partial charge in [-0.3, -0.25) is 4.79 Å². The molecule has 1 aromatic heterocycles. The Bertz CT molecular complexity index is 442. The first kappa shape index (κ1) is 12.6. The van der Waals surface area contributed by atoms with E-state index in [1.807, 2.05) is 0 Å². The van der Waals surface area contributed by atoms with Crippen molar-refractivity contribution in [3.63, 3.8) is 0 Å². The number of carbonyl (C=O) groups is 1. The van der Waals surface area contributed by atoms with Gasteiger partial charge in [0.15, 0.2) is 0 Å². The maximum absolute atomic E-state index is 11.2. The molecule has 1 amide bonds. The molecule has 0 aliphatic carbocycles. The lowest BCUT2D eigenvalue weighted by molar-refractivity contribution is 0.100. The van der Waals surface area contributed by atoms with Gasteiger partial charge in [-0.2, -0.15) is 0 Å². The molecule has 1 aromatic rings. The van der Waals surface area contributed by atoms with Crippen molar-refractivity contribution in [3.05, 3.63) is 17.8 Å². The van der Waals surface area contributed by atoms with E-state index in [0.29, 0.717) is 17.2 Å². The molecular formula is C12H18N4O2. The summed E-state index contributed by atoms with van der Waals surface area (Å²) in [6.45, 7) is 1.87. The highest BCUT2D eigenvalue weighted by Crippen LogP contribution is 2.23. The molecule has 6 heteroatoms. The number of piperidine rings is 1. The number of aromatic nitrogens is 1. The topological polar surface area (TPSA) is 105 Å². The lowest BCUT2D eigenvalue weighted by Crippen LogP contribution is -2.35. The van der Waals surface area contributed by atoms with Gasteiger partial charge in [-0.1, -0.05) is 0 Å². The number of anilines is 2. The Balaban J connectivity index is 2.15. The first-order valence-corrected chi connectivity index (χ1v) is 6.03. The van der Waals surface area contributed by atoms with E-state index in [1.54, 1.807) is 6.07 Å². The van der Waals surface area contributed by atoms with E-state index in [0.717, 1.165) is 31.7 Å². The van der Waals surface area contributed by atoms with Crippen LogP contribution in [0.3, 0.4) is 0 Å². The number of primary amides is 1. The normalized spacial score (nSPS) is 16.8. The lowest BCUT2D eigenvalue weighted by atomic mass is 9.98. The molecular weight excluding hydrogens is 232 g/mol. The Hall–Kier alpha value is -1.82. The smallest absolute Gasteiger partial charge is 0.250 e. The molecule has 0 atom stereocenters. The number of hydrogen-bond donors (Lipinski definition) is 3. The van der Waals surface area contributed by atoms with E-state index < -0.39 is 5.91 Å². The predicted molar refractivity (Wildman–Crippen MR) is 69.2 cm³/mol. The standard InChI is InChI=1S/C12H18N4O2/c13-10-6-15-11(5-9(10)12(14)18)16-3-1-8(7-17)2-4-16/h5-6,8,17H,1-4,7,13H2,(H2,14,18). The third-order valence-corrected chi connectivity index (χ3v) is 3.38. The maximum atomic E-state index is 11.2. The van der Waals surface area contributed by atoms with Gasteiger partial charge in [-0.05, 0) is 24.8 Å². The zero-order chi connectivity index (χ0) is 13.1.